The molecule has 0 bridgehead atoms. The van der Waals surface area contributed by atoms with Gasteiger partial charge in [-0.25, -0.2) is 0 Å². The molecule has 1 N–H and O–H groups in total. The summed E-state index contributed by atoms with van der Waals surface area (Å²) >= 11 is 0. The molecule has 0 amide bonds. The molecule has 0 aromatic carbocycles. The zero-order valence-electron chi connectivity index (χ0n) is 8.47. The molecule has 2 heteroatoms. The van der Waals surface area contributed by atoms with Crippen molar-refractivity contribution in [1.82, 2.24) is 10.2 Å². The normalized spacial score (nSPS) is 21.5. The highest BCUT2D eigenvalue weighted by Gasteiger charge is 2.16. The van der Waals surface area contributed by atoms with E-state index in [1.54, 1.807) is 0 Å². The second kappa shape index (κ2) is 5.55. The van der Waals surface area contributed by atoms with Crippen LogP contribution in [0.4, 0.5) is 0 Å². The third-order valence-electron chi connectivity index (χ3n) is 2.63. The number of rotatable bonds is 5. The Labute approximate surface area is 76.3 Å². The minimum absolute atomic E-state index is 0.735. The van der Waals surface area contributed by atoms with Crippen LogP contribution in [0.15, 0.2) is 0 Å². The third kappa shape index (κ3) is 3.11. The minimum atomic E-state index is 0.735. The molecule has 0 aromatic rings. The van der Waals surface area contributed by atoms with Gasteiger partial charge in [-0.05, 0) is 45.8 Å². The van der Waals surface area contributed by atoms with Gasteiger partial charge in [-0.2, -0.15) is 0 Å². The summed E-state index contributed by atoms with van der Waals surface area (Å²) in [5.41, 5.74) is 0. The molecule has 2 nitrogen and oxygen atoms in total. The molecule has 12 heavy (non-hydrogen) atoms. The van der Waals surface area contributed by atoms with Gasteiger partial charge in [0.05, 0.1) is 0 Å². The molecule has 0 saturated carbocycles. The van der Waals surface area contributed by atoms with E-state index in [0.29, 0.717) is 0 Å². The van der Waals surface area contributed by atoms with Crippen molar-refractivity contribution in [1.29, 1.82) is 0 Å². The predicted octanol–water partition coefficient (Wildman–Crippen LogP) is 1.47. The van der Waals surface area contributed by atoms with Crippen LogP contribution in [0.2, 0.25) is 0 Å². The maximum atomic E-state index is 3.47. The average Bonchev–Trinajstić information content (AvgIpc) is 2.56. The van der Waals surface area contributed by atoms with Crippen LogP contribution >= 0.6 is 0 Å². The molecule has 1 aliphatic rings. The van der Waals surface area contributed by atoms with E-state index < -0.39 is 0 Å². The van der Waals surface area contributed by atoms with Crippen LogP contribution in [-0.2, 0) is 0 Å². The van der Waals surface area contributed by atoms with Gasteiger partial charge in [0.15, 0.2) is 0 Å². The van der Waals surface area contributed by atoms with Gasteiger partial charge >= 0.3 is 0 Å². The molecular weight excluding hydrogens is 148 g/mol. The SMILES string of the molecule is CCCNCC(C)N1CCCC1. The van der Waals surface area contributed by atoms with E-state index in [0.717, 1.165) is 19.1 Å². The van der Waals surface area contributed by atoms with Crippen LogP contribution in [0, 0.1) is 0 Å². The van der Waals surface area contributed by atoms with Gasteiger partial charge in [0.25, 0.3) is 0 Å². The largest absolute Gasteiger partial charge is 0.315 e. The van der Waals surface area contributed by atoms with Crippen molar-refractivity contribution in [3.63, 3.8) is 0 Å². The Hall–Kier alpha value is -0.0800. The number of nitrogens with zero attached hydrogens (tertiary/aromatic N) is 1. The van der Waals surface area contributed by atoms with Crippen LogP contribution in [-0.4, -0.2) is 37.1 Å². The summed E-state index contributed by atoms with van der Waals surface area (Å²) in [5.74, 6) is 0. The average molecular weight is 170 g/mol. The summed E-state index contributed by atoms with van der Waals surface area (Å²) in [6.07, 6.45) is 4.04. The lowest BCUT2D eigenvalue weighted by atomic mass is 10.3. The molecule has 0 aliphatic carbocycles. The first-order valence-electron chi connectivity index (χ1n) is 5.29. The second-order valence-corrected chi connectivity index (χ2v) is 3.80. The molecule has 1 atom stereocenters. The molecule has 1 rings (SSSR count). The first-order valence-corrected chi connectivity index (χ1v) is 5.29. The molecule has 1 saturated heterocycles. The maximum Gasteiger partial charge on any atom is 0.0192 e. The first-order chi connectivity index (χ1) is 5.84. The van der Waals surface area contributed by atoms with Gasteiger partial charge in [0.1, 0.15) is 0 Å². The van der Waals surface area contributed by atoms with Gasteiger partial charge in [-0.3, -0.25) is 4.90 Å². The summed E-state index contributed by atoms with van der Waals surface area (Å²) < 4.78 is 0. The molecule has 72 valence electrons. The van der Waals surface area contributed by atoms with Crippen LogP contribution < -0.4 is 5.32 Å². The van der Waals surface area contributed by atoms with Gasteiger partial charge in [-0.1, -0.05) is 6.92 Å². The summed E-state index contributed by atoms with van der Waals surface area (Å²) in [5, 5.41) is 3.47. The Kier molecular flexibility index (Phi) is 4.62. The maximum absolute atomic E-state index is 3.47. The van der Waals surface area contributed by atoms with Crippen LogP contribution in [0.5, 0.6) is 0 Å². The van der Waals surface area contributed by atoms with Gasteiger partial charge in [0, 0.05) is 12.6 Å². The fourth-order valence-electron chi connectivity index (χ4n) is 1.80. The van der Waals surface area contributed by atoms with Crippen molar-refractivity contribution in [3.8, 4) is 0 Å². The van der Waals surface area contributed by atoms with Crippen molar-refractivity contribution in [2.24, 2.45) is 0 Å². The monoisotopic (exact) mass is 170 g/mol. The Balaban J connectivity index is 2.05. The molecule has 0 aromatic heterocycles. The fraction of sp³-hybridized carbons (Fsp3) is 1.00. The molecule has 0 spiro atoms. The fourth-order valence-corrected chi connectivity index (χ4v) is 1.80. The van der Waals surface area contributed by atoms with E-state index in [4.69, 9.17) is 0 Å². The van der Waals surface area contributed by atoms with Crippen LogP contribution in [0.1, 0.15) is 33.1 Å². The zero-order chi connectivity index (χ0) is 8.81. The Morgan fingerprint density at radius 3 is 2.58 bits per heavy atom. The highest BCUT2D eigenvalue weighted by Crippen LogP contribution is 2.10. The number of nitrogens with one attached hydrogen (secondary N) is 1. The molecule has 1 fully saturated rings. The van der Waals surface area contributed by atoms with E-state index in [1.807, 2.05) is 0 Å². The number of likely N-dealkylation sites (tertiary alicyclic amines) is 1. The summed E-state index contributed by atoms with van der Waals surface area (Å²) in [6, 6.07) is 0.735. The number of hydrogen-bond donors (Lipinski definition) is 1. The smallest absolute Gasteiger partial charge is 0.0192 e. The molecule has 1 unspecified atom stereocenters. The first kappa shape index (κ1) is 10.0. The molecular formula is C10H22N2. The van der Waals surface area contributed by atoms with Gasteiger partial charge in [-0.15, -0.1) is 0 Å². The Morgan fingerprint density at radius 1 is 1.33 bits per heavy atom. The van der Waals surface area contributed by atoms with Gasteiger partial charge in [0.2, 0.25) is 0 Å². The van der Waals surface area contributed by atoms with Crippen molar-refractivity contribution < 1.29 is 0 Å². The standard InChI is InChI=1S/C10H22N2/c1-3-6-11-9-10(2)12-7-4-5-8-12/h10-11H,3-9H2,1-2H3. The zero-order valence-corrected chi connectivity index (χ0v) is 8.47. The van der Waals surface area contributed by atoms with Crippen molar-refractivity contribution in [2.45, 2.75) is 39.2 Å². The minimum Gasteiger partial charge on any atom is -0.315 e. The van der Waals surface area contributed by atoms with E-state index in [1.165, 1.54) is 32.4 Å². The lowest BCUT2D eigenvalue weighted by molar-refractivity contribution is 0.252. The predicted molar refractivity (Wildman–Crippen MR) is 53.4 cm³/mol. The molecule has 1 aliphatic heterocycles. The van der Waals surface area contributed by atoms with Crippen molar-refractivity contribution in [3.05, 3.63) is 0 Å². The van der Waals surface area contributed by atoms with Crippen LogP contribution in [0.25, 0.3) is 0 Å². The van der Waals surface area contributed by atoms with E-state index in [-0.39, 0.29) is 0 Å². The Morgan fingerprint density at radius 2 is 2.00 bits per heavy atom. The van der Waals surface area contributed by atoms with Crippen molar-refractivity contribution >= 4 is 0 Å². The molecule has 0 radical (unpaired) electrons. The topological polar surface area (TPSA) is 15.3 Å². The third-order valence-corrected chi connectivity index (χ3v) is 2.63. The van der Waals surface area contributed by atoms with E-state index in [2.05, 4.69) is 24.1 Å². The lowest BCUT2D eigenvalue weighted by Gasteiger charge is -2.23. The van der Waals surface area contributed by atoms with Crippen molar-refractivity contribution in [2.75, 3.05) is 26.2 Å². The quantitative estimate of drug-likeness (QED) is 0.629. The molecule has 1 heterocycles. The van der Waals surface area contributed by atoms with E-state index in [9.17, 15) is 0 Å². The highest BCUT2D eigenvalue weighted by molar-refractivity contribution is 4.74. The summed E-state index contributed by atoms with van der Waals surface area (Å²) in [6.45, 7) is 9.50. The highest BCUT2D eigenvalue weighted by atomic mass is 15.2. The lowest BCUT2D eigenvalue weighted by Crippen LogP contribution is -2.38. The van der Waals surface area contributed by atoms with Gasteiger partial charge < -0.3 is 5.32 Å². The van der Waals surface area contributed by atoms with Crippen LogP contribution in [0.3, 0.4) is 0 Å². The second-order valence-electron chi connectivity index (χ2n) is 3.80. The Bertz CT molecular complexity index is 108. The summed E-state index contributed by atoms with van der Waals surface area (Å²) in [7, 11) is 0. The number of hydrogen-bond acceptors (Lipinski definition) is 2. The summed E-state index contributed by atoms with van der Waals surface area (Å²) in [4.78, 5) is 2.59. The van der Waals surface area contributed by atoms with E-state index >= 15 is 0 Å².